The number of rotatable bonds is 5. The highest BCUT2D eigenvalue weighted by Gasteiger charge is 2.28. The Hall–Kier alpha value is -2.33. The maximum absolute atomic E-state index is 12.7. The van der Waals surface area contributed by atoms with Crippen LogP contribution < -0.4 is 0 Å². The summed E-state index contributed by atoms with van der Waals surface area (Å²) in [5.41, 5.74) is 2.44. The van der Waals surface area contributed by atoms with Gasteiger partial charge in [-0.25, -0.2) is 0 Å². The first-order valence-electron chi connectivity index (χ1n) is 9.36. The number of phenolic OH excluding ortho intramolecular Hbond substituents is 1. The molecule has 1 saturated heterocycles. The number of piperidine rings is 1. The van der Waals surface area contributed by atoms with E-state index in [-0.39, 0.29) is 23.7 Å². The van der Waals surface area contributed by atoms with E-state index in [1.807, 2.05) is 23.1 Å². The average Bonchev–Trinajstić information content (AvgIpc) is 2.68. The van der Waals surface area contributed by atoms with Crippen molar-refractivity contribution < 1.29 is 15.0 Å². The maximum atomic E-state index is 12.7. The van der Waals surface area contributed by atoms with E-state index >= 15 is 0 Å². The summed E-state index contributed by atoms with van der Waals surface area (Å²) in [4.78, 5) is 14.5. The minimum absolute atomic E-state index is 0.0318. The van der Waals surface area contributed by atoms with Crippen molar-refractivity contribution in [3.63, 3.8) is 0 Å². The van der Waals surface area contributed by atoms with E-state index in [4.69, 9.17) is 0 Å². The van der Waals surface area contributed by atoms with Gasteiger partial charge in [-0.3, -0.25) is 4.79 Å². The lowest BCUT2D eigenvalue weighted by atomic mass is 9.88. The van der Waals surface area contributed by atoms with Gasteiger partial charge in [-0.05, 0) is 56.2 Å². The van der Waals surface area contributed by atoms with Crippen LogP contribution in [0.25, 0.3) is 0 Å². The molecule has 1 aliphatic rings. The Balaban J connectivity index is 1.52. The summed E-state index contributed by atoms with van der Waals surface area (Å²) in [5.74, 6) is 0.366. The molecule has 1 aliphatic heterocycles. The molecule has 1 atom stereocenters. The molecule has 0 spiro atoms. The van der Waals surface area contributed by atoms with Crippen molar-refractivity contribution in [2.24, 2.45) is 5.92 Å². The van der Waals surface area contributed by atoms with Crippen molar-refractivity contribution in [1.82, 2.24) is 4.90 Å². The minimum atomic E-state index is -0.324. The Morgan fingerprint density at radius 2 is 1.81 bits per heavy atom. The first-order chi connectivity index (χ1) is 12.6. The van der Waals surface area contributed by atoms with Crippen molar-refractivity contribution in [2.75, 3.05) is 13.1 Å². The Bertz CT molecular complexity index is 736. The lowest BCUT2D eigenvalue weighted by molar-refractivity contribution is 0.0436. The van der Waals surface area contributed by atoms with Gasteiger partial charge in [-0.15, -0.1) is 0 Å². The number of nitrogens with zero attached hydrogens (tertiary/aromatic N) is 1. The molecule has 138 valence electrons. The SMILES string of the molecule is Cc1c(O)cccc1C(=O)N1CCC(C(O)CCc2ccccc2)CC1. The molecule has 1 unspecified atom stereocenters. The van der Waals surface area contributed by atoms with Gasteiger partial charge in [-0.2, -0.15) is 0 Å². The van der Waals surface area contributed by atoms with Gasteiger partial charge in [0.15, 0.2) is 0 Å². The number of phenols is 1. The lowest BCUT2D eigenvalue weighted by Crippen LogP contribution is -2.41. The van der Waals surface area contributed by atoms with Crippen LogP contribution in [0, 0.1) is 12.8 Å². The maximum Gasteiger partial charge on any atom is 0.254 e. The topological polar surface area (TPSA) is 60.8 Å². The Morgan fingerprint density at radius 1 is 1.12 bits per heavy atom. The highest BCUT2D eigenvalue weighted by Crippen LogP contribution is 2.26. The number of aromatic hydroxyl groups is 1. The van der Waals surface area contributed by atoms with Crippen molar-refractivity contribution in [2.45, 2.75) is 38.7 Å². The van der Waals surface area contributed by atoms with Gasteiger partial charge in [0, 0.05) is 24.2 Å². The average molecular weight is 353 g/mol. The van der Waals surface area contributed by atoms with Gasteiger partial charge >= 0.3 is 0 Å². The van der Waals surface area contributed by atoms with Crippen molar-refractivity contribution in [3.05, 3.63) is 65.2 Å². The van der Waals surface area contributed by atoms with E-state index < -0.39 is 0 Å². The Morgan fingerprint density at radius 3 is 2.50 bits per heavy atom. The molecule has 0 bridgehead atoms. The molecular weight excluding hydrogens is 326 g/mol. The van der Waals surface area contributed by atoms with Crippen LogP contribution in [0.3, 0.4) is 0 Å². The summed E-state index contributed by atoms with van der Waals surface area (Å²) in [6.07, 6.45) is 2.95. The number of hydrogen-bond donors (Lipinski definition) is 2. The van der Waals surface area contributed by atoms with Crippen LogP contribution in [0.4, 0.5) is 0 Å². The molecule has 2 N–H and O–H groups in total. The standard InChI is InChI=1S/C22H27NO3/c1-16-19(8-5-9-20(16)24)22(26)23-14-12-18(13-15-23)21(25)11-10-17-6-3-2-4-7-17/h2-9,18,21,24-25H,10-15H2,1H3. The third kappa shape index (κ3) is 4.25. The van der Waals surface area contributed by atoms with Crippen LogP contribution in [0.15, 0.2) is 48.5 Å². The molecule has 1 heterocycles. The van der Waals surface area contributed by atoms with Crippen LogP contribution in [0.2, 0.25) is 0 Å². The minimum Gasteiger partial charge on any atom is -0.508 e. The molecule has 0 aromatic heterocycles. The number of benzene rings is 2. The monoisotopic (exact) mass is 353 g/mol. The Kier molecular flexibility index (Phi) is 5.94. The summed E-state index contributed by atoms with van der Waals surface area (Å²) in [7, 11) is 0. The fourth-order valence-corrected chi connectivity index (χ4v) is 3.71. The predicted octanol–water partition coefficient (Wildman–Crippen LogP) is 3.55. The molecule has 2 aromatic carbocycles. The zero-order valence-corrected chi connectivity index (χ0v) is 15.3. The quantitative estimate of drug-likeness (QED) is 0.864. The van der Waals surface area contributed by atoms with Gasteiger partial charge < -0.3 is 15.1 Å². The molecule has 2 aromatic rings. The lowest BCUT2D eigenvalue weighted by Gasteiger charge is -2.34. The molecule has 4 heteroatoms. The van der Waals surface area contributed by atoms with Gasteiger partial charge in [0.2, 0.25) is 0 Å². The molecule has 0 radical (unpaired) electrons. The zero-order chi connectivity index (χ0) is 18.5. The predicted molar refractivity (Wildman–Crippen MR) is 102 cm³/mol. The van der Waals surface area contributed by atoms with Gasteiger partial charge in [-0.1, -0.05) is 36.4 Å². The van der Waals surface area contributed by atoms with E-state index in [1.54, 1.807) is 25.1 Å². The third-order valence-electron chi connectivity index (χ3n) is 5.48. The highest BCUT2D eigenvalue weighted by molar-refractivity contribution is 5.96. The number of carbonyl (C=O) groups is 1. The summed E-state index contributed by atoms with van der Waals surface area (Å²) < 4.78 is 0. The van der Waals surface area contributed by atoms with E-state index in [0.717, 1.165) is 25.7 Å². The van der Waals surface area contributed by atoms with Crippen molar-refractivity contribution in [3.8, 4) is 5.75 Å². The molecule has 1 fully saturated rings. The fourth-order valence-electron chi connectivity index (χ4n) is 3.71. The fraction of sp³-hybridized carbons (Fsp3) is 0.409. The van der Waals surface area contributed by atoms with Crippen molar-refractivity contribution in [1.29, 1.82) is 0 Å². The van der Waals surface area contributed by atoms with Crippen LogP contribution in [0.1, 0.15) is 40.7 Å². The number of hydrogen-bond acceptors (Lipinski definition) is 3. The molecule has 0 aliphatic carbocycles. The van der Waals surface area contributed by atoms with Crippen LogP contribution in [-0.2, 0) is 6.42 Å². The molecule has 0 saturated carbocycles. The molecule has 3 rings (SSSR count). The summed E-state index contributed by atoms with van der Waals surface area (Å²) in [6.45, 7) is 3.07. The summed E-state index contributed by atoms with van der Waals surface area (Å²) in [5, 5.41) is 20.3. The van der Waals surface area contributed by atoms with Gasteiger partial charge in [0.25, 0.3) is 5.91 Å². The van der Waals surface area contributed by atoms with Crippen LogP contribution in [-0.4, -0.2) is 40.2 Å². The van der Waals surface area contributed by atoms with E-state index in [1.165, 1.54) is 5.56 Å². The third-order valence-corrected chi connectivity index (χ3v) is 5.48. The second-order valence-corrected chi connectivity index (χ2v) is 7.17. The summed E-state index contributed by atoms with van der Waals surface area (Å²) in [6, 6.07) is 15.3. The van der Waals surface area contributed by atoms with E-state index in [0.29, 0.717) is 24.2 Å². The summed E-state index contributed by atoms with van der Waals surface area (Å²) >= 11 is 0. The molecular formula is C22H27NO3. The number of aryl methyl sites for hydroxylation is 1. The molecule has 26 heavy (non-hydrogen) atoms. The normalized spacial score (nSPS) is 16.5. The van der Waals surface area contributed by atoms with Crippen LogP contribution in [0.5, 0.6) is 5.75 Å². The smallest absolute Gasteiger partial charge is 0.254 e. The number of aliphatic hydroxyl groups excluding tert-OH is 1. The van der Waals surface area contributed by atoms with E-state index in [9.17, 15) is 15.0 Å². The first kappa shape index (κ1) is 18.5. The number of carbonyl (C=O) groups excluding carboxylic acids is 1. The zero-order valence-electron chi connectivity index (χ0n) is 15.3. The highest BCUT2D eigenvalue weighted by atomic mass is 16.3. The van der Waals surface area contributed by atoms with Crippen LogP contribution >= 0.6 is 0 Å². The number of aliphatic hydroxyl groups is 1. The largest absolute Gasteiger partial charge is 0.508 e. The first-order valence-corrected chi connectivity index (χ1v) is 9.36. The second-order valence-electron chi connectivity index (χ2n) is 7.17. The van der Waals surface area contributed by atoms with Crippen molar-refractivity contribution >= 4 is 5.91 Å². The van der Waals surface area contributed by atoms with E-state index in [2.05, 4.69) is 12.1 Å². The Labute approximate surface area is 155 Å². The number of likely N-dealkylation sites (tertiary alicyclic amines) is 1. The van der Waals surface area contributed by atoms with Gasteiger partial charge in [0.05, 0.1) is 6.10 Å². The molecule has 1 amide bonds. The second kappa shape index (κ2) is 8.37. The molecule has 4 nitrogen and oxygen atoms in total. The van der Waals surface area contributed by atoms with Gasteiger partial charge in [0.1, 0.15) is 5.75 Å². The number of amides is 1.